The lowest BCUT2D eigenvalue weighted by atomic mass is 10.1. The fourth-order valence-corrected chi connectivity index (χ4v) is 2.34. The molecule has 0 unspecified atom stereocenters. The zero-order chi connectivity index (χ0) is 12.4. The van der Waals surface area contributed by atoms with Gasteiger partial charge < -0.3 is 0 Å². The highest BCUT2D eigenvalue weighted by Crippen LogP contribution is 2.18. The molecule has 0 saturated carbocycles. The van der Waals surface area contributed by atoms with Gasteiger partial charge in [-0.25, -0.2) is 9.37 Å². The molecule has 88 valence electrons. The van der Waals surface area contributed by atoms with Gasteiger partial charge in [0, 0.05) is 16.6 Å². The monoisotopic (exact) mass is 269 g/mol. The number of carbonyl (C=O) groups is 1. The molecule has 1 heterocycles. The number of hydrogen-bond acceptors (Lipinski definition) is 3. The standard InChI is InChI=1S/C12H9ClFNOS/c1-7-6-17-12(15-7)5-11(16)8-2-3-10(14)9(13)4-8/h2-4,6H,5H2,1H3. The number of ketones is 1. The van der Waals surface area contributed by atoms with Crippen LogP contribution < -0.4 is 0 Å². The first-order valence-corrected chi connectivity index (χ1v) is 6.21. The van der Waals surface area contributed by atoms with E-state index in [2.05, 4.69) is 4.98 Å². The predicted octanol–water partition coefficient (Wildman–Crippen LogP) is 3.67. The minimum Gasteiger partial charge on any atom is -0.294 e. The van der Waals surface area contributed by atoms with E-state index in [1.54, 1.807) is 0 Å². The molecule has 0 amide bonds. The second-order valence-corrected chi connectivity index (χ2v) is 4.96. The van der Waals surface area contributed by atoms with E-state index >= 15 is 0 Å². The lowest BCUT2D eigenvalue weighted by Gasteiger charge is -2.00. The lowest BCUT2D eigenvalue weighted by Crippen LogP contribution is -2.03. The summed E-state index contributed by atoms with van der Waals surface area (Å²) in [7, 11) is 0. The predicted molar refractivity (Wildman–Crippen MR) is 66.3 cm³/mol. The quantitative estimate of drug-likeness (QED) is 0.796. The van der Waals surface area contributed by atoms with Crippen molar-refractivity contribution < 1.29 is 9.18 Å². The van der Waals surface area contributed by atoms with Gasteiger partial charge in [0.1, 0.15) is 10.8 Å². The Bertz CT molecular complexity index is 567. The fraction of sp³-hybridized carbons (Fsp3) is 0.167. The number of carbonyl (C=O) groups excluding carboxylic acids is 1. The summed E-state index contributed by atoms with van der Waals surface area (Å²) in [4.78, 5) is 16.1. The maximum Gasteiger partial charge on any atom is 0.169 e. The molecular weight excluding hydrogens is 261 g/mol. The maximum atomic E-state index is 12.9. The number of aromatic nitrogens is 1. The second-order valence-electron chi connectivity index (χ2n) is 3.61. The van der Waals surface area contributed by atoms with Crippen molar-refractivity contribution in [3.8, 4) is 0 Å². The van der Waals surface area contributed by atoms with Crippen molar-refractivity contribution in [1.29, 1.82) is 0 Å². The van der Waals surface area contributed by atoms with E-state index < -0.39 is 5.82 Å². The van der Waals surface area contributed by atoms with Crippen LogP contribution in [-0.4, -0.2) is 10.8 Å². The fourth-order valence-electron chi connectivity index (χ4n) is 1.39. The Kier molecular flexibility index (Phi) is 3.54. The van der Waals surface area contributed by atoms with E-state index in [1.165, 1.54) is 29.5 Å². The van der Waals surface area contributed by atoms with Gasteiger partial charge in [-0.05, 0) is 25.1 Å². The molecule has 0 fully saturated rings. The minimum atomic E-state index is -0.520. The normalized spacial score (nSPS) is 10.5. The topological polar surface area (TPSA) is 30.0 Å². The third kappa shape index (κ3) is 2.90. The van der Waals surface area contributed by atoms with Gasteiger partial charge in [-0.15, -0.1) is 11.3 Å². The highest BCUT2D eigenvalue weighted by atomic mass is 35.5. The molecule has 0 aliphatic rings. The third-order valence-electron chi connectivity index (χ3n) is 2.22. The third-order valence-corrected chi connectivity index (χ3v) is 3.48. The number of benzene rings is 1. The van der Waals surface area contributed by atoms with Gasteiger partial charge in [0.25, 0.3) is 0 Å². The van der Waals surface area contributed by atoms with Crippen LogP contribution in [-0.2, 0) is 6.42 Å². The molecule has 1 aromatic carbocycles. The van der Waals surface area contributed by atoms with E-state index in [0.29, 0.717) is 5.56 Å². The zero-order valence-corrected chi connectivity index (χ0v) is 10.6. The van der Waals surface area contributed by atoms with Crippen molar-refractivity contribution in [2.24, 2.45) is 0 Å². The van der Waals surface area contributed by atoms with Crippen LogP contribution in [0.25, 0.3) is 0 Å². The summed E-state index contributed by atoms with van der Waals surface area (Å²) in [6, 6.07) is 3.98. The Morgan fingerprint density at radius 1 is 1.53 bits per heavy atom. The van der Waals surface area contributed by atoms with Gasteiger partial charge >= 0.3 is 0 Å². The summed E-state index contributed by atoms with van der Waals surface area (Å²) in [6.45, 7) is 1.87. The maximum absolute atomic E-state index is 12.9. The summed E-state index contributed by atoms with van der Waals surface area (Å²) >= 11 is 7.07. The van der Waals surface area contributed by atoms with Crippen LogP contribution in [0.2, 0.25) is 5.02 Å². The van der Waals surface area contributed by atoms with E-state index in [1.807, 2.05) is 12.3 Å². The highest BCUT2D eigenvalue weighted by Gasteiger charge is 2.11. The SMILES string of the molecule is Cc1csc(CC(=O)c2ccc(F)c(Cl)c2)n1. The highest BCUT2D eigenvalue weighted by molar-refractivity contribution is 7.09. The van der Waals surface area contributed by atoms with Gasteiger partial charge in [-0.3, -0.25) is 4.79 Å². The average Bonchev–Trinajstić information content (AvgIpc) is 2.68. The molecule has 0 spiro atoms. The summed E-state index contributed by atoms with van der Waals surface area (Å²) in [5.74, 6) is -0.630. The first-order chi connectivity index (χ1) is 8.06. The van der Waals surface area contributed by atoms with Gasteiger partial charge in [-0.1, -0.05) is 11.6 Å². The Labute approximate surface area is 107 Å². The van der Waals surface area contributed by atoms with Crippen molar-refractivity contribution in [3.63, 3.8) is 0 Å². The molecular formula is C12H9ClFNOS. The van der Waals surface area contributed by atoms with Crippen LogP contribution in [0.1, 0.15) is 21.1 Å². The van der Waals surface area contributed by atoms with Crippen LogP contribution in [0.3, 0.4) is 0 Å². The van der Waals surface area contributed by atoms with Crippen molar-refractivity contribution >= 4 is 28.7 Å². The Hall–Kier alpha value is -1.26. The van der Waals surface area contributed by atoms with Gasteiger partial charge in [0.15, 0.2) is 5.78 Å². The Morgan fingerprint density at radius 2 is 2.29 bits per heavy atom. The van der Waals surface area contributed by atoms with Crippen LogP contribution in [0, 0.1) is 12.7 Å². The summed E-state index contributed by atoms with van der Waals surface area (Å²) in [6.07, 6.45) is 0.223. The zero-order valence-electron chi connectivity index (χ0n) is 9.04. The summed E-state index contributed by atoms with van der Waals surface area (Å²) < 4.78 is 12.9. The van der Waals surface area contributed by atoms with Gasteiger partial charge in [0.2, 0.25) is 0 Å². The summed E-state index contributed by atoms with van der Waals surface area (Å²) in [5.41, 5.74) is 1.30. The number of hydrogen-bond donors (Lipinski definition) is 0. The molecule has 2 aromatic rings. The van der Waals surface area contributed by atoms with Crippen molar-refractivity contribution in [2.45, 2.75) is 13.3 Å². The van der Waals surface area contributed by atoms with Crippen molar-refractivity contribution in [2.75, 3.05) is 0 Å². The number of rotatable bonds is 3. The summed E-state index contributed by atoms with van der Waals surface area (Å²) in [5, 5.41) is 2.61. The lowest BCUT2D eigenvalue weighted by molar-refractivity contribution is 0.0993. The number of nitrogens with zero attached hydrogens (tertiary/aromatic N) is 1. The number of Topliss-reactive ketones (excluding diaryl/α,β-unsaturated/α-hetero) is 1. The molecule has 17 heavy (non-hydrogen) atoms. The van der Waals surface area contributed by atoms with E-state index in [-0.39, 0.29) is 17.2 Å². The molecule has 0 bridgehead atoms. The van der Waals surface area contributed by atoms with Crippen LogP contribution >= 0.6 is 22.9 Å². The van der Waals surface area contributed by atoms with Crippen LogP contribution in [0.5, 0.6) is 0 Å². The number of halogens is 2. The molecule has 5 heteroatoms. The Balaban J connectivity index is 2.17. The first kappa shape index (κ1) is 12.2. The average molecular weight is 270 g/mol. The molecule has 0 radical (unpaired) electrons. The molecule has 2 nitrogen and oxygen atoms in total. The Morgan fingerprint density at radius 3 is 2.88 bits per heavy atom. The van der Waals surface area contributed by atoms with Gasteiger partial charge in [-0.2, -0.15) is 0 Å². The van der Waals surface area contributed by atoms with Crippen LogP contribution in [0.4, 0.5) is 4.39 Å². The van der Waals surface area contributed by atoms with E-state index in [4.69, 9.17) is 11.6 Å². The molecule has 0 saturated heterocycles. The minimum absolute atomic E-state index is 0.0360. The molecule has 0 N–H and O–H groups in total. The van der Waals surface area contributed by atoms with Crippen LogP contribution in [0.15, 0.2) is 23.6 Å². The number of aryl methyl sites for hydroxylation is 1. The molecule has 2 rings (SSSR count). The largest absolute Gasteiger partial charge is 0.294 e. The van der Waals surface area contributed by atoms with E-state index in [9.17, 15) is 9.18 Å². The molecule has 0 aliphatic carbocycles. The molecule has 0 atom stereocenters. The van der Waals surface area contributed by atoms with E-state index in [0.717, 1.165) is 10.7 Å². The second kappa shape index (κ2) is 4.94. The first-order valence-electron chi connectivity index (χ1n) is 4.95. The molecule has 1 aromatic heterocycles. The van der Waals surface area contributed by atoms with Gasteiger partial charge in [0.05, 0.1) is 11.4 Å². The van der Waals surface area contributed by atoms with Crippen molar-refractivity contribution in [1.82, 2.24) is 4.98 Å². The van der Waals surface area contributed by atoms with Crippen molar-refractivity contribution in [3.05, 3.63) is 50.7 Å². The number of thiazole rings is 1. The molecule has 0 aliphatic heterocycles. The smallest absolute Gasteiger partial charge is 0.169 e.